The van der Waals surface area contributed by atoms with Crippen molar-refractivity contribution in [2.24, 2.45) is 0 Å². The molecular formula is C16H16N2O3. The lowest BCUT2D eigenvalue weighted by atomic mass is 10.2. The predicted octanol–water partition coefficient (Wildman–Crippen LogP) is 2.56. The van der Waals surface area contributed by atoms with Crippen molar-refractivity contribution in [3.63, 3.8) is 0 Å². The molecule has 21 heavy (non-hydrogen) atoms. The van der Waals surface area contributed by atoms with Crippen LogP contribution in [0, 0.1) is 11.3 Å². The Morgan fingerprint density at radius 3 is 2.52 bits per heavy atom. The van der Waals surface area contributed by atoms with Crippen molar-refractivity contribution < 1.29 is 14.3 Å². The van der Waals surface area contributed by atoms with Crippen molar-refractivity contribution in [1.82, 2.24) is 0 Å². The largest absolute Gasteiger partial charge is 0.449 e. The second-order valence-electron chi connectivity index (χ2n) is 4.14. The van der Waals surface area contributed by atoms with Crippen molar-refractivity contribution in [2.45, 2.75) is 20.0 Å². The Kier molecular flexibility index (Phi) is 6.42. The number of nitrogens with one attached hydrogen (secondary N) is 1. The van der Waals surface area contributed by atoms with Gasteiger partial charge < -0.3 is 10.1 Å². The molecule has 5 heteroatoms. The minimum Gasteiger partial charge on any atom is -0.449 e. The summed E-state index contributed by atoms with van der Waals surface area (Å²) >= 11 is 0. The van der Waals surface area contributed by atoms with Gasteiger partial charge in [0.25, 0.3) is 5.91 Å². The molecule has 0 radical (unpaired) electrons. The molecule has 5 nitrogen and oxygen atoms in total. The van der Waals surface area contributed by atoms with Gasteiger partial charge in [-0.25, -0.2) is 4.79 Å². The molecule has 108 valence electrons. The van der Waals surface area contributed by atoms with Crippen LogP contribution in [0.1, 0.15) is 19.4 Å². The molecule has 0 aliphatic heterocycles. The van der Waals surface area contributed by atoms with E-state index >= 15 is 0 Å². The average Bonchev–Trinajstić information content (AvgIpc) is 2.48. The van der Waals surface area contributed by atoms with Gasteiger partial charge in [-0.15, -0.1) is 0 Å². The SMILES string of the molecule is C/C=C/C=C/C(=O)O[C@@H](C)C(=O)Nc1ccc(C#N)cc1. The monoisotopic (exact) mass is 284 g/mol. The summed E-state index contributed by atoms with van der Waals surface area (Å²) in [5.41, 5.74) is 1.04. The smallest absolute Gasteiger partial charge is 0.331 e. The number of benzene rings is 1. The summed E-state index contributed by atoms with van der Waals surface area (Å²) in [5.74, 6) is -1.02. The van der Waals surface area contributed by atoms with Crippen LogP contribution >= 0.6 is 0 Å². The summed E-state index contributed by atoms with van der Waals surface area (Å²) in [4.78, 5) is 23.3. The number of rotatable bonds is 5. The van der Waals surface area contributed by atoms with Crippen LogP contribution < -0.4 is 5.32 Å². The summed E-state index contributed by atoms with van der Waals surface area (Å²) in [6.45, 7) is 3.31. The molecule has 0 bridgehead atoms. The zero-order valence-corrected chi connectivity index (χ0v) is 11.9. The van der Waals surface area contributed by atoms with Gasteiger partial charge in [0.2, 0.25) is 0 Å². The molecule has 0 spiro atoms. The first-order valence-corrected chi connectivity index (χ1v) is 6.38. The third kappa shape index (κ3) is 5.74. The van der Waals surface area contributed by atoms with Crippen LogP contribution in [-0.2, 0) is 14.3 Å². The van der Waals surface area contributed by atoms with E-state index in [2.05, 4.69) is 5.32 Å². The number of nitrogens with zero attached hydrogens (tertiary/aromatic N) is 1. The predicted molar refractivity (Wildman–Crippen MR) is 79.3 cm³/mol. The Labute approximate surface area is 123 Å². The number of carbonyl (C=O) groups is 2. The van der Waals surface area contributed by atoms with Gasteiger partial charge in [0.05, 0.1) is 11.6 Å². The van der Waals surface area contributed by atoms with Crippen LogP contribution in [0.5, 0.6) is 0 Å². The highest BCUT2D eigenvalue weighted by atomic mass is 16.5. The van der Waals surface area contributed by atoms with Gasteiger partial charge in [-0.3, -0.25) is 4.79 Å². The molecule has 0 aliphatic rings. The number of carbonyl (C=O) groups excluding carboxylic acids is 2. The number of anilines is 1. The van der Waals surface area contributed by atoms with Crippen molar-refractivity contribution in [3.05, 3.63) is 54.1 Å². The molecule has 0 saturated carbocycles. The molecule has 1 amide bonds. The van der Waals surface area contributed by atoms with Crippen LogP contribution in [0.3, 0.4) is 0 Å². The van der Waals surface area contributed by atoms with Gasteiger partial charge in [0.15, 0.2) is 6.10 Å². The molecular weight excluding hydrogens is 268 g/mol. The number of esters is 1. The first-order valence-electron chi connectivity index (χ1n) is 6.38. The zero-order valence-electron chi connectivity index (χ0n) is 11.9. The lowest BCUT2D eigenvalue weighted by Gasteiger charge is -2.12. The summed E-state index contributed by atoms with van der Waals surface area (Å²) < 4.78 is 4.95. The number of hydrogen-bond donors (Lipinski definition) is 1. The van der Waals surface area contributed by atoms with E-state index in [4.69, 9.17) is 10.00 Å². The summed E-state index contributed by atoms with van der Waals surface area (Å²) in [6, 6.07) is 8.38. The van der Waals surface area contributed by atoms with Crippen LogP contribution in [-0.4, -0.2) is 18.0 Å². The standard InChI is InChI=1S/C16H16N2O3/c1-3-4-5-6-15(19)21-12(2)16(20)18-14-9-7-13(11-17)8-10-14/h3-10,12H,1-2H3,(H,18,20)/b4-3+,6-5+/t12-/m0/s1. The fourth-order valence-electron chi connectivity index (χ4n) is 1.38. The van der Waals surface area contributed by atoms with Gasteiger partial charge >= 0.3 is 5.97 Å². The molecule has 1 rings (SSSR count). The van der Waals surface area contributed by atoms with E-state index in [9.17, 15) is 9.59 Å². The van der Waals surface area contributed by atoms with Gasteiger partial charge in [0.1, 0.15) is 0 Å². The second-order valence-corrected chi connectivity index (χ2v) is 4.14. The lowest BCUT2D eigenvalue weighted by molar-refractivity contribution is -0.148. The van der Waals surface area contributed by atoms with Crippen molar-refractivity contribution in [3.8, 4) is 6.07 Å². The minimum absolute atomic E-state index is 0.438. The maximum atomic E-state index is 11.8. The van der Waals surface area contributed by atoms with E-state index in [0.29, 0.717) is 11.3 Å². The van der Waals surface area contributed by atoms with E-state index in [1.807, 2.05) is 13.0 Å². The lowest BCUT2D eigenvalue weighted by Crippen LogP contribution is -2.29. The quantitative estimate of drug-likeness (QED) is 0.512. The maximum absolute atomic E-state index is 11.8. The van der Waals surface area contributed by atoms with Gasteiger partial charge in [-0.05, 0) is 38.1 Å². The summed E-state index contributed by atoms with van der Waals surface area (Å²) in [7, 11) is 0. The fourth-order valence-corrected chi connectivity index (χ4v) is 1.38. The van der Waals surface area contributed by atoms with E-state index in [-0.39, 0.29) is 0 Å². The first-order chi connectivity index (χ1) is 10.1. The van der Waals surface area contributed by atoms with Crippen molar-refractivity contribution >= 4 is 17.6 Å². The van der Waals surface area contributed by atoms with E-state index in [1.54, 1.807) is 36.4 Å². The molecule has 0 aromatic heterocycles. The van der Waals surface area contributed by atoms with Gasteiger partial charge in [-0.2, -0.15) is 5.26 Å². The molecule has 0 aliphatic carbocycles. The normalized spacial score (nSPS) is 12.0. The van der Waals surface area contributed by atoms with Crippen LogP contribution in [0.2, 0.25) is 0 Å². The fraction of sp³-hybridized carbons (Fsp3) is 0.188. The highest BCUT2D eigenvalue weighted by Crippen LogP contribution is 2.09. The van der Waals surface area contributed by atoms with E-state index < -0.39 is 18.0 Å². The number of hydrogen-bond acceptors (Lipinski definition) is 4. The third-order valence-corrected chi connectivity index (χ3v) is 2.48. The van der Waals surface area contributed by atoms with E-state index in [0.717, 1.165) is 0 Å². The molecule has 1 N–H and O–H groups in total. The highest BCUT2D eigenvalue weighted by molar-refractivity contribution is 5.96. The first kappa shape index (κ1) is 16.2. The molecule has 0 fully saturated rings. The summed E-state index contributed by atoms with van der Waals surface area (Å²) in [6.07, 6.45) is 5.32. The Morgan fingerprint density at radius 2 is 1.95 bits per heavy atom. The van der Waals surface area contributed by atoms with E-state index in [1.165, 1.54) is 19.1 Å². The third-order valence-electron chi connectivity index (χ3n) is 2.48. The molecule has 1 aromatic rings. The topological polar surface area (TPSA) is 79.2 Å². The second kappa shape index (κ2) is 8.33. The zero-order chi connectivity index (χ0) is 15.7. The van der Waals surface area contributed by atoms with Crippen LogP contribution in [0.25, 0.3) is 0 Å². The molecule has 0 heterocycles. The Bertz CT molecular complexity index is 595. The number of allylic oxidation sites excluding steroid dienone is 3. The highest BCUT2D eigenvalue weighted by Gasteiger charge is 2.16. The number of amides is 1. The maximum Gasteiger partial charge on any atom is 0.331 e. The summed E-state index contributed by atoms with van der Waals surface area (Å²) in [5, 5.41) is 11.3. The van der Waals surface area contributed by atoms with Gasteiger partial charge in [0, 0.05) is 11.8 Å². The average molecular weight is 284 g/mol. The number of nitriles is 1. The Balaban J connectivity index is 2.54. The number of ether oxygens (including phenoxy) is 1. The van der Waals surface area contributed by atoms with Crippen molar-refractivity contribution in [2.75, 3.05) is 5.32 Å². The van der Waals surface area contributed by atoms with Crippen LogP contribution in [0.15, 0.2) is 48.6 Å². The van der Waals surface area contributed by atoms with Crippen LogP contribution in [0.4, 0.5) is 5.69 Å². The molecule has 1 atom stereocenters. The van der Waals surface area contributed by atoms with Crippen molar-refractivity contribution in [1.29, 1.82) is 5.26 Å². The molecule has 0 saturated heterocycles. The van der Waals surface area contributed by atoms with Gasteiger partial charge in [-0.1, -0.05) is 18.2 Å². The Hall–Kier alpha value is -2.87. The molecule has 1 aromatic carbocycles. The molecule has 0 unspecified atom stereocenters. The minimum atomic E-state index is -0.914. The Morgan fingerprint density at radius 1 is 1.29 bits per heavy atom.